The lowest BCUT2D eigenvalue weighted by molar-refractivity contribution is -0.117. The van der Waals surface area contributed by atoms with E-state index in [9.17, 15) is 13.2 Å². The Labute approximate surface area is 136 Å². The predicted octanol–water partition coefficient (Wildman–Crippen LogP) is 2.35. The van der Waals surface area contributed by atoms with Gasteiger partial charge in [0.25, 0.3) is 0 Å². The SMILES string of the molecule is CCCCCCCCCCCS(=O)(=O)C(CN(C)C)C(N)=O. The van der Waals surface area contributed by atoms with E-state index >= 15 is 0 Å². The molecule has 2 N–H and O–H groups in total. The largest absolute Gasteiger partial charge is 0.369 e. The molecule has 1 unspecified atom stereocenters. The summed E-state index contributed by atoms with van der Waals surface area (Å²) < 4.78 is 24.4. The van der Waals surface area contributed by atoms with Gasteiger partial charge in [0.1, 0.15) is 0 Å². The molecule has 0 aliphatic rings. The Bertz CT molecular complexity index is 394. The molecule has 1 amide bonds. The molecule has 6 heteroatoms. The zero-order chi connectivity index (χ0) is 17.0. The topological polar surface area (TPSA) is 80.5 Å². The monoisotopic (exact) mass is 334 g/mol. The number of nitrogens with two attached hydrogens (primary N) is 1. The third kappa shape index (κ3) is 10.2. The number of hydrogen-bond acceptors (Lipinski definition) is 4. The lowest BCUT2D eigenvalue weighted by atomic mass is 10.1. The van der Waals surface area contributed by atoms with E-state index in [1.807, 2.05) is 0 Å². The molecule has 22 heavy (non-hydrogen) atoms. The number of nitrogens with zero attached hydrogens (tertiary/aromatic N) is 1. The molecular formula is C16H34N2O3S. The maximum atomic E-state index is 12.2. The van der Waals surface area contributed by atoms with Crippen LogP contribution in [0.2, 0.25) is 0 Å². The van der Waals surface area contributed by atoms with E-state index < -0.39 is 21.0 Å². The molecular weight excluding hydrogens is 300 g/mol. The van der Waals surface area contributed by atoms with Crippen LogP contribution in [0.3, 0.4) is 0 Å². The minimum absolute atomic E-state index is 0.0598. The van der Waals surface area contributed by atoms with Crippen molar-refractivity contribution in [2.24, 2.45) is 5.73 Å². The van der Waals surface area contributed by atoms with Crippen molar-refractivity contribution in [1.82, 2.24) is 4.90 Å². The molecule has 0 saturated carbocycles. The third-order valence-electron chi connectivity index (χ3n) is 3.81. The fraction of sp³-hybridized carbons (Fsp3) is 0.938. The fourth-order valence-electron chi connectivity index (χ4n) is 2.47. The molecule has 0 rings (SSSR count). The molecule has 0 saturated heterocycles. The summed E-state index contributed by atoms with van der Waals surface area (Å²) >= 11 is 0. The van der Waals surface area contributed by atoms with E-state index in [0.29, 0.717) is 6.42 Å². The van der Waals surface area contributed by atoms with Crippen molar-refractivity contribution >= 4 is 15.7 Å². The number of primary amides is 1. The van der Waals surface area contributed by atoms with Crippen molar-refractivity contribution in [2.45, 2.75) is 70.0 Å². The van der Waals surface area contributed by atoms with Gasteiger partial charge in [0.05, 0.1) is 5.75 Å². The van der Waals surface area contributed by atoms with Gasteiger partial charge in [-0.05, 0) is 20.5 Å². The van der Waals surface area contributed by atoms with E-state index in [4.69, 9.17) is 5.73 Å². The van der Waals surface area contributed by atoms with Crippen LogP contribution in [0.15, 0.2) is 0 Å². The Balaban J connectivity index is 3.94. The minimum Gasteiger partial charge on any atom is -0.369 e. The first-order valence-corrected chi connectivity index (χ1v) is 10.2. The van der Waals surface area contributed by atoms with Crippen molar-refractivity contribution in [1.29, 1.82) is 0 Å². The number of rotatable bonds is 14. The van der Waals surface area contributed by atoms with Crippen LogP contribution < -0.4 is 5.73 Å². The molecule has 0 spiro atoms. The van der Waals surface area contributed by atoms with Gasteiger partial charge in [-0.3, -0.25) is 4.79 Å². The highest BCUT2D eigenvalue weighted by atomic mass is 32.2. The highest BCUT2D eigenvalue weighted by Gasteiger charge is 2.30. The van der Waals surface area contributed by atoms with Gasteiger partial charge >= 0.3 is 0 Å². The average Bonchev–Trinajstić information content (AvgIpc) is 2.42. The lowest BCUT2D eigenvalue weighted by Gasteiger charge is -2.18. The molecule has 0 aliphatic heterocycles. The molecule has 0 aliphatic carbocycles. The highest BCUT2D eigenvalue weighted by molar-refractivity contribution is 7.92. The number of hydrogen-bond donors (Lipinski definition) is 1. The first-order chi connectivity index (χ1) is 10.3. The number of carbonyl (C=O) groups is 1. The van der Waals surface area contributed by atoms with Crippen molar-refractivity contribution in [3.05, 3.63) is 0 Å². The second kappa shape index (κ2) is 11.9. The van der Waals surface area contributed by atoms with E-state index in [1.165, 1.54) is 38.5 Å². The van der Waals surface area contributed by atoms with Gasteiger partial charge < -0.3 is 10.6 Å². The first kappa shape index (κ1) is 21.4. The predicted molar refractivity (Wildman–Crippen MR) is 92.6 cm³/mol. The molecule has 0 bridgehead atoms. The Morgan fingerprint density at radius 2 is 1.41 bits per heavy atom. The molecule has 5 nitrogen and oxygen atoms in total. The summed E-state index contributed by atoms with van der Waals surface area (Å²) in [5, 5.41) is -1.09. The van der Waals surface area contributed by atoms with Crippen LogP contribution in [-0.2, 0) is 14.6 Å². The van der Waals surface area contributed by atoms with Crippen molar-refractivity contribution in [3.8, 4) is 0 Å². The molecule has 0 aromatic carbocycles. The Morgan fingerprint density at radius 3 is 1.82 bits per heavy atom. The average molecular weight is 335 g/mol. The van der Waals surface area contributed by atoms with Crippen molar-refractivity contribution < 1.29 is 13.2 Å². The summed E-state index contributed by atoms with van der Waals surface area (Å²) in [5.41, 5.74) is 5.24. The smallest absolute Gasteiger partial charge is 0.237 e. The highest BCUT2D eigenvalue weighted by Crippen LogP contribution is 2.12. The zero-order valence-electron chi connectivity index (χ0n) is 14.5. The van der Waals surface area contributed by atoms with Crippen molar-refractivity contribution in [3.63, 3.8) is 0 Å². The van der Waals surface area contributed by atoms with Crippen LogP contribution >= 0.6 is 0 Å². The van der Waals surface area contributed by atoms with Gasteiger partial charge in [-0.25, -0.2) is 8.42 Å². The second-order valence-corrected chi connectivity index (χ2v) is 8.65. The maximum absolute atomic E-state index is 12.2. The van der Waals surface area contributed by atoms with Gasteiger partial charge in [0, 0.05) is 6.54 Å². The van der Waals surface area contributed by atoms with Crippen molar-refractivity contribution in [2.75, 3.05) is 26.4 Å². The van der Waals surface area contributed by atoms with Gasteiger partial charge in [-0.15, -0.1) is 0 Å². The normalized spacial score (nSPS) is 13.5. The zero-order valence-corrected chi connectivity index (χ0v) is 15.3. The summed E-state index contributed by atoms with van der Waals surface area (Å²) in [6, 6.07) is 0. The van der Waals surface area contributed by atoms with E-state index in [2.05, 4.69) is 6.92 Å². The summed E-state index contributed by atoms with van der Waals surface area (Å²) in [5.74, 6) is -0.686. The summed E-state index contributed by atoms with van der Waals surface area (Å²) in [7, 11) is 0.0425. The number of amides is 1. The summed E-state index contributed by atoms with van der Waals surface area (Å²) in [4.78, 5) is 13.0. The number of sulfone groups is 1. The van der Waals surface area contributed by atoms with Gasteiger partial charge in [-0.2, -0.15) is 0 Å². The van der Waals surface area contributed by atoms with E-state index in [1.54, 1.807) is 19.0 Å². The van der Waals surface area contributed by atoms with Gasteiger partial charge in [-0.1, -0.05) is 58.3 Å². The Kier molecular flexibility index (Phi) is 11.5. The van der Waals surface area contributed by atoms with Crippen LogP contribution in [0.5, 0.6) is 0 Å². The van der Waals surface area contributed by atoms with Gasteiger partial charge in [0.2, 0.25) is 5.91 Å². The van der Waals surface area contributed by atoms with Crippen LogP contribution in [-0.4, -0.2) is 50.9 Å². The van der Waals surface area contributed by atoms with Crippen LogP contribution in [0, 0.1) is 0 Å². The second-order valence-electron chi connectivity index (χ2n) is 6.35. The Hall–Kier alpha value is -0.620. The summed E-state index contributed by atoms with van der Waals surface area (Å²) in [6.07, 6.45) is 10.1. The lowest BCUT2D eigenvalue weighted by Crippen LogP contribution is -2.44. The Morgan fingerprint density at radius 1 is 0.955 bits per heavy atom. The third-order valence-corrected chi connectivity index (χ3v) is 5.92. The van der Waals surface area contributed by atoms with Crippen LogP contribution in [0.1, 0.15) is 64.7 Å². The van der Waals surface area contributed by atoms with E-state index in [-0.39, 0.29) is 12.3 Å². The molecule has 0 fully saturated rings. The number of unbranched alkanes of at least 4 members (excludes halogenated alkanes) is 8. The maximum Gasteiger partial charge on any atom is 0.237 e. The molecule has 1 atom stereocenters. The minimum atomic E-state index is -3.44. The molecule has 0 aromatic heterocycles. The first-order valence-electron chi connectivity index (χ1n) is 8.47. The number of carbonyl (C=O) groups excluding carboxylic acids is 1. The van der Waals surface area contributed by atoms with Gasteiger partial charge in [0.15, 0.2) is 15.1 Å². The van der Waals surface area contributed by atoms with Crippen LogP contribution in [0.4, 0.5) is 0 Å². The molecule has 0 aromatic rings. The molecule has 132 valence electrons. The van der Waals surface area contributed by atoms with Crippen LogP contribution in [0.25, 0.3) is 0 Å². The van der Waals surface area contributed by atoms with E-state index in [0.717, 1.165) is 12.8 Å². The molecule has 0 heterocycles. The fourth-order valence-corrected chi connectivity index (χ4v) is 4.24. The molecule has 0 radical (unpaired) electrons. The quantitative estimate of drug-likeness (QED) is 0.494. The summed E-state index contributed by atoms with van der Waals surface area (Å²) in [6.45, 7) is 2.37. The standard InChI is InChI=1S/C16H34N2O3S/c1-4-5-6-7-8-9-10-11-12-13-22(20,21)15(16(17)19)14-18(2)3/h15H,4-14H2,1-3H3,(H2,17,19).